The Bertz CT molecular complexity index is 1690. The first-order chi connectivity index (χ1) is 20.8. The number of nitrogens with zero attached hydrogens (tertiary/aromatic N) is 6. The molecule has 0 saturated heterocycles. The number of para-hydroxylation sites is 2. The minimum atomic E-state index is 0.724. The quantitative estimate of drug-likeness (QED) is 0.111. The van der Waals surface area contributed by atoms with Crippen molar-refractivity contribution in [2.24, 2.45) is 9.98 Å². The van der Waals surface area contributed by atoms with Crippen molar-refractivity contribution in [3.8, 4) is 32.5 Å². The summed E-state index contributed by atoms with van der Waals surface area (Å²) < 4.78 is 3.90. The first kappa shape index (κ1) is 28.4. The summed E-state index contributed by atoms with van der Waals surface area (Å²) in [4.78, 5) is 11.7. The second kappa shape index (κ2) is 14.5. The number of hydrogen-bond donors (Lipinski definition) is 0. The topological polar surface area (TPSA) is 60.4 Å². The fourth-order valence-corrected chi connectivity index (χ4v) is 7.71. The summed E-state index contributed by atoms with van der Waals surface area (Å²) in [6.45, 7) is 1.45. The predicted molar refractivity (Wildman–Crippen MR) is 180 cm³/mol. The highest BCUT2D eigenvalue weighted by Gasteiger charge is 2.10. The van der Waals surface area contributed by atoms with Crippen LogP contribution in [0.3, 0.4) is 0 Å². The maximum absolute atomic E-state index is 4.92. The Kier molecular flexibility index (Phi) is 9.79. The third-order valence-electron chi connectivity index (χ3n) is 6.09. The van der Waals surface area contributed by atoms with Crippen LogP contribution in [0.1, 0.15) is 0 Å². The van der Waals surface area contributed by atoms with E-state index in [9.17, 15) is 0 Å². The average Bonchev–Trinajstić information content (AvgIpc) is 3.69. The molecule has 0 aliphatic carbocycles. The lowest BCUT2D eigenvalue weighted by atomic mass is 10.2. The molecule has 42 heavy (non-hydrogen) atoms. The molecule has 6 nitrogen and oxygen atoms in total. The fraction of sp³-hybridized carbons (Fsp3) is 0.125. The Hall–Kier alpha value is -3.70. The van der Waals surface area contributed by atoms with Crippen LogP contribution in [0.5, 0.6) is 0 Å². The second-order valence-electron chi connectivity index (χ2n) is 9.01. The predicted octanol–water partition coefficient (Wildman–Crippen LogP) is 7.40. The van der Waals surface area contributed by atoms with Crippen molar-refractivity contribution in [1.82, 2.24) is 19.6 Å². The van der Waals surface area contributed by atoms with Gasteiger partial charge in [0.25, 0.3) is 0 Å². The Balaban J connectivity index is 1.09. The van der Waals surface area contributed by atoms with Gasteiger partial charge in [-0.05, 0) is 24.3 Å². The maximum Gasteiger partial charge on any atom is 0.208 e. The third-order valence-corrected chi connectivity index (χ3v) is 10.4. The van der Waals surface area contributed by atoms with Gasteiger partial charge in [0.2, 0.25) is 9.60 Å². The Morgan fingerprint density at radius 3 is 1.24 bits per heavy atom. The Labute approximate surface area is 260 Å². The molecule has 0 spiro atoms. The number of hydrogen-bond acceptors (Lipinski definition) is 8. The van der Waals surface area contributed by atoms with Gasteiger partial charge in [0, 0.05) is 22.6 Å². The smallest absolute Gasteiger partial charge is 0.208 e. The molecule has 0 radical (unpaired) electrons. The van der Waals surface area contributed by atoms with Gasteiger partial charge in [0.1, 0.15) is 10.0 Å². The molecule has 0 aliphatic heterocycles. The lowest BCUT2D eigenvalue weighted by Crippen LogP contribution is -2.15. The van der Waals surface area contributed by atoms with E-state index in [1.54, 1.807) is 22.7 Å². The van der Waals surface area contributed by atoms with Crippen LogP contribution >= 0.6 is 44.3 Å². The van der Waals surface area contributed by atoms with E-state index in [1.165, 1.54) is 0 Å². The SMILES string of the molecule is c1ccc(-c2nn(-c3ccccc3)c(=NCCSSCCN=c3sc(-c4ccccc4)nn3-c3ccccc3)s2)cc1. The van der Waals surface area contributed by atoms with E-state index in [4.69, 9.17) is 20.2 Å². The second-order valence-corrected chi connectivity index (χ2v) is 13.6. The molecule has 0 saturated carbocycles. The van der Waals surface area contributed by atoms with E-state index in [2.05, 4.69) is 48.5 Å². The summed E-state index contributed by atoms with van der Waals surface area (Å²) in [7, 11) is 3.67. The van der Waals surface area contributed by atoms with Gasteiger partial charge < -0.3 is 0 Å². The van der Waals surface area contributed by atoms with Crippen molar-refractivity contribution in [2.45, 2.75) is 0 Å². The highest BCUT2D eigenvalue weighted by atomic mass is 33.1. The number of benzene rings is 4. The lowest BCUT2D eigenvalue weighted by molar-refractivity contribution is 0.821. The highest BCUT2D eigenvalue weighted by Crippen LogP contribution is 2.23. The van der Waals surface area contributed by atoms with Crippen molar-refractivity contribution < 1.29 is 0 Å². The molecule has 0 fully saturated rings. The van der Waals surface area contributed by atoms with Crippen molar-refractivity contribution in [2.75, 3.05) is 24.6 Å². The van der Waals surface area contributed by atoms with Crippen molar-refractivity contribution in [3.63, 3.8) is 0 Å². The van der Waals surface area contributed by atoms with Gasteiger partial charge in [0.15, 0.2) is 0 Å². The summed E-state index contributed by atoms with van der Waals surface area (Å²) in [6.07, 6.45) is 0. The minimum absolute atomic E-state index is 0.724. The van der Waals surface area contributed by atoms with Crippen LogP contribution in [0.25, 0.3) is 32.5 Å². The maximum atomic E-state index is 4.92. The summed E-state index contributed by atoms with van der Waals surface area (Å²) in [5.74, 6) is 1.83. The normalized spacial score (nSPS) is 12.2. The first-order valence-electron chi connectivity index (χ1n) is 13.5. The van der Waals surface area contributed by atoms with Crippen LogP contribution in [0, 0.1) is 0 Å². The van der Waals surface area contributed by atoms with Crippen LogP contribution in [0.4, 0.5) is 0 Å². The molecule has 0 bridgehead atoms. The van der Waals surface area contributed by atoms with Crippen molar-refractivity contribution in [3.05, 3.63) is 131 Å². The molecule has 0 atom stereocenters. The van der Waals surface area contributed by atoms with Crippen molar-refractivity contribution >= 4 is 44.3 Å². The number of aromatic nitrogens is 4. The summed E-state index contributed by atoms with van der Waals surface area (Å²) in [5, 5.41) is 11.7. The molecule has 210 valence electrons. The largest absolute Gasteiger partial charge is 0.256 e. The van der Waals surface area contributed by atoms with Gasteiger partial charge in [0.05, 0.1) is 24.5 Å². The van der Waals surface area contributed by atoms with Gasteiger partial charge in [-0.3, -0.25) is 9.98 Å². The van der Waals surface area contributed by atoms with Gasteiger partial charge in [-0.15, -0.1) is 0 Å². The summed E-state index contributed by atoms with van der Waals surface area (Å²) in [5.41, 5.74) is 4.24. The Morgan fingerprint density at radius 2 is 0.857 bits per heavy atom. The molecule has 2 heterocycles. The van der Waals surface area contributed by atoms with E-state index >= 15 is 0 Å². The van der Waals surface area contributed by atoms with Gasteiger partial charge in [-0.25, -0.2) is 9.36 Å². The molecule has 0 amide bonds. The van der Waals surface area contributed by atoms with Crippen LogP contribution in [-0.2, 0) is 0 Å². The van der Waals surface area contributed by atoms with Gasteiger partial charge in [-0.1, -0.05) is 141 Å². The molecule has 10 heteroatoms. The van der Waals surface area contributed by atoms with Crippen LogP contribution in [0.2, 0.25) is 0 Å². The molecular weight excluding hydrogens is 597 g/mol. The van der Waals surface area contributed by atoms with E-state index in [0.717, 1.165) is 66.7 Å². The van der Waals surface area contributed by atoms with E-state index in [1.807, 2.05) is 104 Å². The molecule has 0 unspecified atom stereocenters. The van der Waals surface area contributed by atoms with E-state index < -0.39 is 0 Å². The molecule has 0 N–H and O–H groups in total. The zero-order chi connectivity index (χ0) is 28.4. The van der Waals surface area contributed by atoms with Crippen LogP contribution < -0.4 is 9.60 Å². The molecule has 2 aromatic heterocycles. The van der Waals surface area contributed by atoms with E-state index in [0.29, 0.717) is 0 Å². The standard InChI is InChI=1S/C32H28N6S4/c1-5-13-25(14-6-1)29-35-37(27-17-9-3-10-18-27)31(41-29)33-21-23-39-40-24-22-34-32-38(28-19-11-4-12-20-28)36-30(42-32)26-15-7-2-8-16-26/h1-20H,21-24H2. The van der Waals surface area contributed by atoms with Crippen LogP contribution in [0.15, 0.2) is 131 Å². The fourth-order valence-electron chi connectivity index (χ4n) is 4.11. The minimum Gasteiger partial charge on any atom is -0.256 e. The zero-order valence-corrected chi connectivity index (χ0v) is 26.0. The molecule has 4 aromatic carbocycles. The summed E-state index contributed by atoms with van der Waals surface area (Å²) in [6, 6.07) is 41.0. The van der Waals surface area contributed by atoms with Gasteiger partial charge in [-0.2, -0.15) is 10.2 Å². The molecule has 6 aromatic rings. The third kappa shape index (κ3) is 7.19. The first-order valence-corrected chi connectivity index (χ1v) is 17.6. The molecular formula is C32H28N6S4. The number of rotatable bonds is 11. The van der Waals surface area contributed by atoms with Crippen molar-refractivity contribution in [1.29, 1.82) is 0 Å². The highest BCUT2D eigenvalue weighted by molar-refractivity contribution is 8.76. The zero-order valence-electron chi connectivity index (χ0n) is 22.7. The van der Waals surface area contributed by atoms with Gasteiger partial charge >= 0.3 is 0 Å². The monoisotopic (exact) mass is 624 g/mol. The molecule has 0 aliphatic rings. The lowest BCUT2D eigenvalue weighted by Gasteiger charge is -2.01. The summed E-state index contributed by atoms with van der Waals surface area (Å²) >= 11 is 3.25. The van der Waals surface area contributed by atoms with Crippen LogP contribution in [-0.4, -0.2) is 44.2 Å². The average molecular weight is 625 g/mol. The van der Waals surface area contributed by atoms with E-state index in [-0.39, 0.29) is 0 Å². The Morgan fingerprint density at radius 1 is 0.500 bits per heavy atom. The molecule has 6 rings (SSSR count).